The molecule has 0 saturated heterocycles. The molecule has 2 aromatic carbocycles. The van der Waals surface area contributed by atoms with Crippen LogP contribution in [0, 0.1) is 0 Å². The molecule has 2 N–H and O–H groups in total. The summed E-state index contributed by atoms with van der Waals surface area (Å²) in [6.07, 6.45) is 2.51. The Morgan fingerprint density at radius 2 is 1.59 bits per heavy atom. The smallest absolute Gasteiger partial charge is 0.305 e. The molecule has 6 heteroatoms. The molecule has 2 amide bonds. The summed E-state index contributed by atoms with van der Waals surface area (Å²) >= 11 is 0. The number of carbonyl (C=O) groups excluding carboxylic acids is 2. The van der Waals surface area contributed by atoms with Crippen LogP contribution in [0.3, 0.4) is 0 Å². The quantitative estimate of drug-likeness (QED) is 0.629. The number of hydrogen-bond acceptors (Lipinski definition) is 4. The fourth-order valence-corrected chi connectivity index (χ4v) is 3.48. The SMILES string of the molecule is O=C(NNC(=O)C1(c2ccccc2)CCC1)c1ccc(COc2ccccc2)o1. The first kappa shape index (κ1) is 18.8. The summed E-state index contributed by atoms with van der Waals surface area (Å²) in [5.74, 6) is 0.632. The van der Waals surface area contributed by atoms with Crippen molar-refractivity contribution < 1.29 is 18.7 Å². The molecule has 1 fully saturated rings. The second kappa shape index (κ2) is 8.22. The van der Waals surface area contributed by atoms with Crippen molar-refractivity contribution in [1.29, 1.82) is 0 Å². The van der Waals surface area contributed by atoms with Gasteiger partial charge in [0.2, 0.25) is 5.91 Å². The van der Waals surface area contributed by atoms with Gasteiger partial charge in [-0.05, 0) is 42.7 Å². The van der Waals surface area contributed by atoms with Crippen molar-refractivity contribution >= 4 is 11.8 Å². The van der Waals surface area contributed by atoms with Crippen molar-refractivity contribution in [1.82, 2.24) is 10.9 Å². The monoisotopic (exact) mass is 390 g/mol. The lowest BCUT2D eigenvalue weighted by molar-refractivity contribution is -0.130. The molecule has 148 valence electrons. The van der Waals surface area contributed by atoms with Gasteiger partial charge in [0, 0.05) is 0 Å². The van der Waals surface area contributed by atoms with Crippen molar-refractivity contribution in [3.05, 3.63) is 89.9 Å². The summed E-state index contributed by atoms with van der Waals surface area (Å²) < 4.78 is 11.1. The van der Waals surface area contributed by atoms with Crippen LogP contribution in [0.15, 0.2) is 77.2 Å². The lowest BCUT2D eigenvalue weighted by Crippen LogP contribution is -2.54. The Hall–Kier alpha value is -3.54. The normalized spacial score (nSPS) is 14.5. The molecular formula is C23H22N2O4. The lowest BCUT2D eigenvalue weighted by Gasteiger charge is -2.40. The Bertz CT molecular complexity index is 978. The van der Waals surface area contributed by atoms with Gasteiger partial charge < -0.3 is 9.15 Å². The van der Waals surface area contributed by atoms with Crippen LogP contribution in [0.1, 0.15) is 41.1 Å². The van der Waals surface area contributed by atoms with Crippen molar-refractivity contribution in [2.75, 3.05) is 0 Å². The molecule has 1 heterocycles. The minimum Gasteiger partial charge on any atom is -0.486 e. The first-order valence-corrected chi connectivity index (χ1v) is 9.60. The van der Waals surface area contributed by atoms with Gasteiger partial charge in [-0.1, -0.05) is 55.0 Å². The fraction of sp³-hybridized carbons (Fsp3) is 0.217. The largest absolute Gasteiger partial charge is 0.486 e. The average Bonchev–Trinajstić information content (AvgIpc) is 3.20. The van der Waals surface area contributed by atoms with Crippen LogP contribution < -0.4 is 15.6 Å². The topological polar surface area (TPSA) is 80.6 Å². The zero-order valence-electron chi connectivity index (χ0n) is 15.9. The van der Waals surface area contributed by atoms with Crippen LogP contribution in [-0.4, -0.2) is 11.8 Å². The van der Waals surface area contributed by atoms with E-state index in [1.807, 2.05) is 60.7 Å². The van der Waals surface area contributed by atoms with Crippen LogP contribution >= 0.6 is 0 Å². The molecule has 1 aromatic heterocycles. The zero-order chi connectivity index (χ0) is 20.1. The highest BCUT2D eigenvalue weighted by atomic mass is 16.5. The molecule has 3 aromatic rings. The summed E-state index contributed by atoms with van der Waals surface area (Å²) in [6.45, 7) is 0.209. The number of amides is 2. The fourth-order valence-electron chi connectivity index (χ4n) is 3.48. The van der Waals surface area contributed by atoms with Crippen LogP contribution in [0.4, 0.5) is 0 Å². The number of nitrogens with one attached hydrogen (secondary N) is 2. The number of ether oxygens (including phenoxy) is 1. The first-order valence-electron chi connectivity index (χ1n) is 9.60. The van der Waals surface area contributed by atoms with E-state index < -0.39 is 11.3 Å². The second-order valence-electron chi connectivity index (χ2n) is 7.08. The molecule has 0 bridgehead atoms. The summed E-state index contributed by atoms with van der Waals surface area (Å²) in [4.78, 5) is 25.1. The van der Waals surface area contributed by atoms with E-state index in [0.717, 1.165) is 24.8 Å². The van der Waals surface area contributed by atoms with Gasteiger partial charge in [0.25, 0.3) is 0 Å². The van der Waals surface area contributed by atoms with Crippen molar-refractivity contribution in [2.24, 2.45) is 0 Å². The molecule has 1 aliphatic carbocycles. The highest BCUT2D eigenvalue weighted by Crippen LogP contribution is 2.43. The summed E-state index contributed by atoms with van der Waals surface area (Å²) in [6, 6.07) is 22.2. The number of benzene rings is 2. The van der Waals surface area contributed by atoms with Gasteiger partial charge in [-0.3, -0.25) is 20.4 Å². The van der Waals surface area contributed by atoms with E-state index >= 15 is 0 Å². The molecule has 0 unspecified atom stereocenters. The van der Waals surface area contributed by atoms with E-state index in [9.17, 15) is 9.59 Å². The number of para-hydroxylation sites is 1. The van der Waals surface area contributed by atoms with Gasteiger partial charge in [-0.15, -0.1) is 0 Å². The Labute approximate surface area is 168 Å². The van der Waals surface area contributed by atoms with E-state index in [2.05, 4.69) is 10.9 Å². The van der Waals surface area contributed by atoms with Gasteiger partial charge in [0.1, 0.15) is 18.1 Å². The number of carbonyl (C=O) groups is 2. The van der Waals surface area contributed by atoms with E-state index in [-0.39, 0.29) is 18.3 Å². The predicted octanol–water partition coefficient (Wildman–Crippen LogP) is 3.74. The van der Waals surface area contributed by atoms with Crippen molar-refractivity contribution in [2.45, 2.75) is 31.3 Å². The zero-order valence-corrected chi connectivity index (χ0v) is 15.9. The molecule has 0 aliphatic heterocycles. The molecule has 1 aliphatic rings. The maximum atomic E-state index is 12.8. The summed E-state index contributed by atoms with van der Waals surface area (Å²) in [5, 5.41) is 0. The van der Waals surface area contributed by atoms with Gasteiger partial charge >= 0.3 is 5.91 Å². The third kappa shape index (κ3) is 4.01. The van der Waals surface area contributed by atoms with E-state index in [1.54, 1.807) is 12.1 Å². The highest BCUT2D eigenvalue weighted by Gasteiger charge is 2.45. The maximum absolute atomic E-state index is 12.8. The molecule has 29 heavy (non-hydrogen) atoms. The lowest BCUT2D eigenvalue weighted by atomic mass is 9.64. The first-order chi connectivity index (χ1) is 14.2. The Morgan fingerprint density at radius 3 is 2.24 bits per heavy atom. The van der Waals surface area contributed by atoms with Crippen LogP contribution in [0.2, 0.25) is 0 Å². The van der Waals surface area contributed by atoms with Crippen molar-refractivity contribution in [3.63, 3.8) is 0 Å². The predicted molar refractivity (Wildman–Crippen MR) is 107 cm³/mol. The molecule has 0 spiro atoms. The summed E-state index contributed by atoms with van der Waals surface area (Å²) in [5.41, 5.74) is 5.41. The third-order valence-corrected chi connectivity index (χ3v) is 5.27. The van der Waals surface area contributed by atoms with Gasteiger partial charge in [-0.25, -0.2) is 0 Å². The van der Waals surface area contributed by atoms with Gasteiger partial charge in [-0.2, -0.15) is 0 Å². The maximum Gasteiger partial charge on any atom is 0.305 e. The minimum absolute atomic E-state index is 0.110. The molecule has 0 atom stereocenters. The number of furan rings is 1. The van der Waals surface area contributed by atoms with Crippen LogP contribution in [0.25, 0.3) is 0 Å². The molecule has 6 nitrogen and oxygen atoms in total. The highest BCUT2D eigenvalue weighted by molar-refractivity contribution is 5.95. The number of rotatable bonds is 6. The average molecular weight is 390 g/mol. The van der Waals surface area contributed by atoms with Gasteiger partial charge in [0.05, 0.1) is 5.41 Å². The Kier molecular flexibility index (Phi) is 5.33. The third-order valence-electron chi connectivity index (χ3n) is 5.27. The molecule has 4 rings (SSSR count). The molecule has 0 radical (unpaired) electrons. The number of hydrazine groups is 1. The van der Waals surface area contributed by atoms with Crippen LogP contribution in [-0.2, 0) is 16.8 Å². The van der Waals surface area contributed by atoms with E-state index in [4.69, 9.17) is 9.15 Å². The molecular weight excluding hydrogens is 368 g/mol. The van der Waals surface area contributed by atoms with E-state index in [1.165, 1.54) is 0 Å². The standard InChI is InChI=1S/C23H22N2O4/c26-21(20-13-12-19(29-20)16-28-18-10-5-2-6-11-18)24-25-22(27)23(14-7-15-23)17-8-3-1-4-9-17/h1-6,8-13H,7,14-16H2,(H,24,26)(H,25,27). The second-order valence-corrected chi connectivity index (χ2v) is 7.08. The molecule has 1 saturated carbocycles. The summed E-state index contributed by atoms with van der Waals surface area (Å²) in [7, 11) is 0. The number of hydrogen-bond donors (Lipinski definition) is 2. The Morgan fingerprint density at radius 1 is 0.897 bits per heavy atom. The Balaban J connectivity index is 1.33. The van der Waals surface area contributed by atoms with E-state index in [0.29, 0.717) is 11.5 Å². The minimum atomic E-state index is -0.577. The van der Waals surface area contributed by atoms with Crippen molar-refractivity contribution in [3.8, 4) is 5.75 Å². The van der Waals surface area contributed by atoms with Gasteiger partial charge in [0.15, 0.2) is 5.76 Å². The van der Waals surface area contributed by atoms with Crippen LogP contribution in [0.5, 0.6) is 5.75 Å².